The minimum Gasteiger partial charge on any atom is -0.207 e. The fourth-order valence-electron chi connectivity index (χ4n) is 0.791. The fraction of sp³-hybridized carbons (Fsp3) is 0.125. The summed E-state index contributed by atoms with van der Waals surface area (Å²) >= 11 is 2.99. The first-order valence-corrected chi connectivity index (χ1v) is 3.87. The Balaban J connectivity index is 3.24. The van der Waals surface area contributed by atoms with Crippen LogP contribution in [0.4, 0.5) is 8.78 Å². The van der Waals surface area contributed by atoms with Crippen molar-refractivity contribution in [3.8, 4) is 0 Å². The largest absolute Gasteiger partial charge is 0.207 e. The number of halogens is 3. The van der Waals surface area contributed by atoms with E-state index in [9.17, 15) is 8.78 Å². The van der Waals surface area contributed by atoms with E-state index in [2.05, 4.69) is 22.9 Å². The van der Waals surface area contributed by atoms with Crippen LogP contribution >= 0.6 is 15.9 Å². The molecule has 0 nitrogen and oxygen atoms in total. The van der Waals surface area contributed by atoms with Crippen LogP contribution in [0.15, 0.2) is 16.6 Å². The van der Waals surface area contributed by atoms with Gasteiger partial charge in [-0.2, -0.15) is 0 Å². The first-order chi connectivity index (χ1) is 5.15. The second-order valence-electron chi connectivity index (χ2n) is 2.11. The van der Waals surface area contributed by atoms with E-state index < -0.39 is 11.6 Å². The summed E-state index contributed by atoms with van der Waals surface area (Å²) in [6, 6.07) is 2.10. The van der Waals surface area contributed by atoms with E-state index in [0.717, 1.165) is 6.07 Å². The summed E-state index contributed by atoms with van der Waals surface area (Å²) in [7, 11) is 0. The predicted octanol–water partition coefficient (Wildman–Crippen LogP) is 3.10. The van der Waals surface area contributed by atoms with Gasteiger partial charge < -0.3 is 0 Å². The number of rotatable bonds is 1. The standard InChI is InChI=1S/C8H6BrF2/c1-2-5-3-6(10)4-7(11)8(5)9/h3-4H,1-2H2. The van der Waals surface area contributed by atoms with Crippen molar-refractivity contribution in [1.82, 2.24) is 0 Å². The van der Waals surface area contributed by atoms with Gasteiger partial charge in [-0.15, -0.1) is 0 Å². The van der Waals surface area contributed by atoms with Crippen LogP contribution < -0.4 is 0 Å². The molecular formula is C8H6BrF2. The van der Waals surface area contributed by atoms with Gasteiger partial charge in [0, 0.05) is 6.07 Å². The zero-order valence-electron chi connectivity index (χ0n) is 5.70. The lowest BCUT2D eigenvalue weighted by molar-refractivity contribution is 0.576. The van der Waals surface area contributed by atoms with Gasteiger partial charge in [0.1, 0.15) is 11.6 Å². The van der Waals surface area contributed by atoms with Crippen molar-refractivity contribution in [2.75, 3.05) is 0 Å². The van der Waals surface area contributed by atoms with Crippen LogP contribution in [0.2, 0.25) is 0 Å². The van der Waals surface area contributed by atoms with E-state index >= 15 is 0 Å². The molecule has 0 amide bonds. The highest BCUT2D eigenvalue weighted by molar-refractivity contribution is 9.10. The Labute approximate surface area is 72.4 Å². The topological polar surface area (TPSA) is 0 Å². The second kappa shape index (κ2) is 3.30. The molecule has 1 radical (unpaired) electrons. The first kappa shape index (κ1) is 8.65. The van der Waals surface area contributed by atoms with E-state index in [-0.39, 0.29) is 0 Å². The molecular weight excluding hydrogens is 214 g/mol. The summed E-state index contributed by atoms with van der Waals surface area (Å²) < 4.78 is 25.5. The Morgan fingerprint density at radius 3 is 2.55 bits per heavy atom. The van der Waals surface area contributed by atoms with Gasteiger partial charge in [0.05, 0.1) is 4.47 Å². The smallest absolute Gasteiger partial charge is 0.140 e. The zero-order chi connectivity index (χ0) is 8.43. The molecule has 0 N–H and O–H groups in total. The Hall–Kier alpha value is -0.440. The Kier molecular flexibility index (Phi) is 2.60. The van der Waals surface area contributed by atoms with Gasteiger partial charge in [-0.3, -0.25) is 0 Å². The van der Waals surface area contributed by atoms with E-state index in [1.54, 1.807) is 0 Å². The van der Waals surface area contributed by atoms with E-state index in [0.29, 0.717) is 16.5 Å². The van der Waals surface area contributed by atoms with Crippen molar-refractivity contribution in [1.29, 1.82) is 0 Å². The minimum absolute atomic E-state index is 0.300. The number of hydrogen-bond acceptors (Lipinski definition) is 0. The van der Waals surface area contributed by atoms with Crippen LogP contribution in [-0.4, -0.2) is 0 Å². The molecule has 1 aromatic carbocycles. The molecule has 1 aromatic rings. The lowest BCUT2D eigenvalue weighted by Gasteiger charge is -2.01. The van der Waals surface area contributed by atoms with Gasteiger partial charge >= 0.3 is 0 Å². The Morgan fingerprint density at radius 1 is 1.36 bits per heavy atom. The third-order valence-electron chi connectivity index (χ3n) is 1.34. The van der Waals surface area contributed by atoms with Crippen LogP contribution in [0.1, 0.15) is 5.56 Å². The highest BCUT2D eigenvalue weighted by Crippen LogP contribution is 2.22. The molecule has 1 rings (SSSR count). The molecule has 0 aliphatic carbocycles. The summed E-state index contributed by atoms with van der Waals surface area (Å²) in [6.07, 6.45) is 0.370. The quantitative estimate of drug-likeness (QED) is 0.638. The molecule has 0 bridgehead atoms. The molecule has 59 valence electrons. The summed E-state index contributed by atoms with van der Waals surface area (Å²) in [5.41, 5.74) is 0.544. The SMILES string of the molecule is [CH2]Cc1cc(F)cc(F)c1Br. The van der Waals surface area contributed by atoms with Gasteiger partial charge in [0.2, 0.25) is 0 Å². The summed E-state index contributed by atoms with van der Waals surface area (Å²) in [5.74, 6) is -1.15. The van der Waals surface area contributed by atoms with E-state index in [4.69, 9.17) is 0 Å². The van der Waals surface area contributed by atoms with Crippen molar-refractivity contribution in [2.45, 2.75) is 6.42 Å². The maximum Gasteiger partial charge on any atom is 0.140 e. The Bertz CT molecular complexity index is 271. The maximum absolute atomic E-state index is 12.7. The van der Waals surface area contributed by atoms with Crippen LogP contribution in [0.5, 0.6) is 0 Å². The normalized spacial score (nSPS) is 10.2. The zero-order valence-corrected chi connectivity index (χ0v) is 7.29. The van der Waals surface area contributed by atoms with Crippen LogP contribution in [0.25, 0.3) is 0 Å². The van der Waals surface area contributed by atoms with Crippen molar-refractivity contribution in [3.63, 3.8) is 0 Å². The molecule has 0 heterocycles. The van der Waals surface area contributed by atoms with Gasteiger partial charge in [0.15, 0.2) is 0 Å². The number of benzene rings is 1. The predicted molar refractivity (Wildman–Crippen MR) is 43.1 cm³/mol. The van der Waals surface area contributed by atoms with E-state index in [1.807, 2.05) is 0 Å². The highest BCUT2D eigenvalue weighted by Gasteiger charge is 2.06. The molecule has 0 aliphatic heterocycles. The molecule has 11 heavy (non-hydrogen) atoms. The summed E-state index contributed by atoms with van der Waals surface area (Å²) in [4.78, 5) is 0. The fourth-order valence-corrected chi connectivity index (χ4v) is 1.22. The third kappa shape index (κ3) is 1.77. The lowest BCUT2D eigenvalue weighted by atomic mass is 10.2. The summed E-state index contributed by atoms with van der Waals surface area (Å²) in [5, 5.41) is 0. The van der Waals surface area contributed by atoms with Crippen molar-refractivity contribution >= 4 is 15.9 Å². The van der Waals surface area contributed by atoms with Crippen molar-refractivity contribution in [2.24, 2.45) is 0 Å². The third-order valence-corrected chi connectivity index (χ3v) is 2.23. The van der Waals surface area contributed by atoms with Crippen LogP contribution in [0.3, 0.4) is 0 Å². The van der Waals surface area contributed by atoms with Gasteiger partial charge in [-0.1, -0.05) is 0 Å². The molecule has 0 saturated heterocycles. The van der Waals surface area contributed by atoms with E-state index in [1.165, 1.54) is 6.07 Å². The van der Waals surface area contributed by atoms with Crippen LogP contribution in [0, 0.1) is 18.6 Å². The van der Waals surface area contributed by atoms with Gasteiger partial charge in [-0.05, 0) is 40.9 Å². The molecule has 0 atom stereocenters. The van der Waals surface area contributed by atoms with Crippen molar-refractivity contribution in [3.05, 3.63) is 40.7 Å². The molecule has 3 heteroatoms. The van der Waals surface area contributed by atoms with Crippen molar-refractivity contribution < 1.29 is 8.78 Å². The summed E-state index contributed by atoms with van der Waals surface area (Å²) in [6.45, 7) is 3.54. The molecule has 0 aliphatic rings. The minimum atomic E-state index is -0.580. The first-order valence-electron chi connectivity index (χ1n) is 3.08. The molecule has 0 saturated carbocycles. The molecule has 0 spiro atoms. The Morgan fingerprint density at radius 2 is 2.00 bits per heavy atom. The lowest BCUT2D eigenvalue weighted by Crippen LogP contribution is -1.89. The highest BCUT2D eigenvalue weighted by atomic mass is 79.9. The second-order valence-corrected chi connectivity index (χ2v) is 2.90. The monoisotopic (exact) mass is 219 g/mol. The van der Waals surface area contributed by atoms with Crippen LogP contribution in [-0.2, 0) is 6.42 Å². The maximum atomic E-state index is 12.7. The molecule has 0 unspecified atom stereocenters. The average molecular weight is 220 g/mol. The molecule has 0 aromatic heterocycles. The van der Waals surface area contributed by atoms with Gasteiger partial charge in [0.25, 0.3) is 0 Å². The number of hydrogen-bond donors (Lipinski definition) is 0. The molecule has 0 fully saturated rings. The van der Waals surface area contributed by atoms with Gasteiger partial charge in [-0.25, -0.2) is 8.78 Å². The average Bonchev–Trinajstić information content (AvgIpc) is 1.96.